The SMILES string of the molecule is Cc1ccc(S(=O)(=O)N2CCC=C3[C@H]2[C@@]2(Cl)C(Cl)=C(Cl)[C@]3(Cl)C2(Cl)Cl)cc1. The molecule has 1 aliphatic heterocycles. The summed E-state index contributed by atoms with van der Waals surface area (Å²) < 4.78 is 26.2. The van der Waals surface area contributed by atoms with Crippen molar-refractivity contribution in [3.05, 3.63) is 51.5 Å². The normalized spacial score (nSPS) is 35.4. The first kappa shape index (κ1) is 20.6. The largest absolute Gasteiger partial charge is 0.243 e. The monoisotopic (exact) mass is 505 g/mol. The van der Waals surface area contributed by atoms with Crippen LogP contribution in [0, 0.1) is 6.92 Å². The number of alkyl halides is 4. The molecule has 2 bridgehead atoms. The molecule has 1 heterocycles. The molecule has 0 radical (unpaired) electrons. The standard InChI is InChI=1S/C17H13Cl6NO2S/c1-9-4-6-10(7-5-9)27(25,26)24-8-2-3-11-14(24)16(21)13(19)12(18)15(11,20)17(16,22)23/h3-7,14H,2,8H2,1H3/t14-,15-,16-/m0/s1. The van der Waals surface area contributed by atoms with Crippen molar-refractivity contribution in [2.45, 2.75) is 38.4 Å². The van der Waals surface area contributed by atoms with Gasteiger partial charge in [0.25, 0.3) is 0 Å². The third-order valence-corrected chi connectivity index (χ3v) is 11.5. The molecular weight excluding hydrogens is 495 g/mol. The van der Waals surface area contributed by atoms with E-state index in [4.69, 9.17) is 69.6 Å². The fourth-order valence-corrected chi connectivity index (χ4v) is 8.55. The lowest BCUT2D eigenvalue weighted by molar-refractivity contribution is 0.318. The predicted octanol–water partition coefficient (Wildman–Crippen LogP) is 5.53. The van der Waals surface area contributed by atoms with E-state index in [0.717, 1.165) is 5.56 Å². The zero-order chi connectivity index (χ0) is 20.0. The van der Waals surface area contributed by atoms with E-state index in [1.807, 2.05) is 6.92 Å². The third-order valence-electron chi connectivity index (χ3n) is 5.40. The van der Waals surface area contributed by atoms with Gasteiger partial charge in [0, 0.05) is 6.54 Å². The molecule has 2 aliphatic carbocycles. The van der Waals surface area contributed by atoms with Gasteiger partial charge in [0.1, 0.15) is 9.75 Å². The highest BCUT2D eigenvalue weighted by Gasteiger charge is 2.82. The molecule has 3 atom stereocenters. The predicted molar refractivity (Wildman–Crippen MR) is 112 cm³/mol. The minimum atomic E-state index is -3.90. The van der Waals surface area contributed by atoms with E-state index in [9.17, 15) is 8.42 Å². The maximum atomic E-state index is 13.4. The molecule has 0 unspecified atom stereocenters. The van der Waals surface area contributed by atoms with Gasteiger partial charge in [-0.15, -0.1) is 23.2 Å². The number of benzene rings is 1. The Balaban J connectivity index is 1.92. The second kappa shape index (κ2) is 6.18. The van der Waals surface area contributed by atoms with E-state index < -0.39 is 30.1 Å². The molecule has 4 rings (SSSR count). The van der Waals surface area contributed by atoms with Crippen molar-refractivity contribution >= 4 is 79.6 Å². The molecule has 0 aromatic heterocycles. The average molecular weight is 508 g/mol. The van der Waals surface area contributed by atoms with Gasteiger partial charge in [-0.1, -0.05) is 70.2 Å². The molecule has 1 fully saturated rings. The summed E-state index contributed by atoms with van der Waals surface area (Å²) in [6, 6.07) is 5.61. The van der Waals surface area contributed by atoms with E-state index in [0.29, 0.717) is 12.0 Å². The molecular formula is C17H13Cl6NO2S. The van der Waals surface area contributed by atoms with Crippen molar-refractivity contribution in [3.8, 4) is 0 Å². The fraction of sp³-hybridized carbons (Fsp3) is 0.412. The van der Waals surface area contributed by atoms with Gasteiger partial charge in [-0.25, -0.2) is 8.42 Å². The van der Waals surface area contributed by atoms with Gasteiger partial charge in [-0.05, 0) is 31.1 Å². The van der Waals surface area contributed by atoms with Crippen LogP contribution >= 0.6 is 69.6 Å². The maximum absolute atomic E-state index is 13.4. The van der Waals surface area contributed by atoms with Gasteiger partial charge in [0.15, 0.2) is 4.33 Å². The molecule has 0 saturated heterocycles. The Labute approximate surface area is 187 Å². The van der Waals surface area contributed by atoms with Gasteiger partial charge < -0.3 is 0 Å². The second-order valence-corrected chi connectivity index (χ2v) is 12.0. The highest BCUT2D eigenvalue weighted by Crippen LogP contribution is 2.75. The van der Waals surface area contributed by atoms with Crippen LogP contribution < -0.4 is 0 Å². The van der Waals surface area contributed by atoms with Crippen molar-refractivity contribution in [2.75, 3.05) is 6.54 Å². The minimum absolute atomic E-state index is 0.0287. The molecule has 10 heteroatoms. The smallest absolute Gasteiger partial charge is 0.207 e. The average Bonchev–Trinajstić information content (AvgIpc) is 2.83. The first-order valence-electron chi connectivity index (χ1n) is 8.02. The number of allylic oxidation sites excluding steroid dienone is 1. The van der Waals surface area contributed by atoms with Crippen LogP contribution in [0.5, 0.6) is 0 Å². The van der Waals surface area contributed by atoms with Gasteiger partial charge in [0.2, 0.25) is 10.0 Å². The highest BCUT2D eigenvalue weighted by atomic mass is 35.5. The van der Waals surface area contributed by atoms with Crippen molar-refractivity contribution in [2.24, 2.45) is 0 Å². The number of hydrogen-bond donors (Lipinski definition) is 0. The van der Waals surface area contributed by atoms with Crippen LogP contribution in [0.2, 0.25) is 0 Å². The summed E-state index contributed by atoms with van der Waals surface area (Å²) in [5, 5.41) is 0.00177. The van der Waals surface area contributed by atoms with E-state index in [1.165, 1.54) is 4.31 Å². The Bertz CT molecular complexity index is 1000. The first-order valence-corrected chi connectivity index (χ1v) is 11.7. The van der Waals surface area contributed by atoms with Crippen molar-refractivity contribution in [1.29, 1.82) is 0 Å². The summed E-state index contributed by atoms with van der Waals surface area (Å²) in [6.07, 6.45) is 2.22. The topological polar surface area (TPSA) is 37.4 Å². The highest BCUT2D eigenvalue weighted by molar-refractivity contribution is 7.89. The Hall–Kier alpha value is 0.350. The van der Waals surface area contributed by atoms with Crippen LogP contribution in [0.1, 0.15) is 12.0 Å². The summed E-state index contributed by atoms with van der Waals surface area (Å²) in [5.41, 5.74) is 1.40. The summed E-state index contributed by atoms with van der Waals surface area (Å²) in [5.74, 6) is 0. The Morgan fingerprint density at radius 1 is 1.04 bits per heavy atom. The lowest BCUT2D eigenvalue weighted by atomic mass is 9.90. The number of rotatable bonds is 2. The number of hydrogen-bond acceptors (Lipinski definition) is 2. The van der Waals surface area contributed by atoms with Crippen molar-refractivity contribution in [1.82, 2.24) is 4.31 Å². The number of sulfonamides is 1. The lowest BCUT2D eigenvalue weighted by Gasteiger charge is -2.42. The molecule has 3 nitrogen and oxygen atoms in total. The molecule has 1 aromatic rings. The maximum Gasteiger partial charge on any atom is 0.243 e. The minimum Gasteiger partial charge on any atom is -0.207 e. The summed E-state index contributed by atoms with van der Waals surface area (Å²) in [6.45, 7) is 2.07. The van der Waals surface area contributed by atoms with Crippen LogP contribution in [-0.2, 0) is 10.0 Å². The van der Waals surface area contributed by atoms with Gasteiger partial charge in [-0.2, -0.15) is 4.31 Å². The molecule has 0 N–H and O–H groups in total. The Morgan fingerprint density at radius 2 is 1.63 bits per heavy atom. The zero-order valence-corrected chi connectivity index (χ0v) is 19.2. The first-order chi connectivity index (χ1) is 12.4. The number of aryl methyl sites for hydroxylation is 1. The van der Waals surface area contributed by atoms with Crippen LogP contribution in [0.3, 0.4) is 0 Å². The molecule has 27 heavy (non-hydrogen) atoms. The van der Waals surface area contributed by atoms with E-state index in [2.05, 4.69) is 0 Å². The molecule has 1 saturated carbocycles. The van der Waals surface area contributed by atoms with E-state index >= 15 is 0 Å². The fourth-order valence-electron chi connectivity index (χ4n) is 4.03. The van der Waals surface area contributed by atoms with E-state index in [-0.39, 0.29) is 21.5 Å². The van der Waals surface area contributed by atoms with Crippen LogP contribution in [0.15, 0.2) is 50.9 Å². The summed E-state index contributed by atoms with van der Waals surface area (Å²) in [4.78, 5) is -3.13. The zero-order valence-electron chi connectivity index (χ0n) is 13.8. The van der Waals surface area contributed by atoms with Crippen molar-refractivity contribution < 1.29 is 8.42 Å². The Morgan fingerprint density at radius 3 is 2.22 bits per heavy atom. The third kappa shape index (κ3) is 2.30. The molecule has 0 spiro atoms. The van der Waals surface area contributed by atoms with E-state index in [1.54, 1.807) is 30.3 Å². The number of halogens is 6. The molecule has 146 valence electrons. The van der Waals surface area contributed by atoms with Crippen LogP contribution in [-0.4, -0.2) is 39.4 Å². The Kier molecular flexibility index (Phi) is 4.72. The lowest BCUT2D eigenvalue weighted by Crippen LogP contribution is -2.55. The molecule has 3 aliphatic rings. The summed E-state index contributed by atoms with van der Waals surface area (Å²) >= 11 is 39.5. The number of fused-ring (bicyclic) bond motifs is 5. The van der Waals surface area contributed by atoms with Crippen LogP contribution in [0.4, 0.5) is 0 Å². The van der Waals surface area contributed by atoms with Crippen molar-refractivity contribution in [3.63, 3.8) is 0 Å². The van der Waals surface area contributed by atoms with Gasteiger partial charge in [-0.3, -0.25) is 0 Å². The molecule has 0 amide bonds. The van der Waals surface area contributed by atoms with Gasteiger partial charge >= 0.3 is 0 Å². The summed E-state index contributed by atoms with van der Waals surface area (Å²) in [7, 11) is -3.90. The van der Waals surface area contributed by atoms with Gasteiger partial charge in [0.05, 0.1) is 21.0 Å². The quantitative estimate of drug-likeness (QED) is 0.390. The van der Waals surface area contributed by atoms with Crippen LogP contribution in [0.25, 0.3) is 0 Å². The molecule has 1 aromatic carbocycles. The second-order valence-electron chi connectivity index (χ2n) is 6.85. The number of nitrogens with zero attached hydrogens (tertiary/aromatic N) is 1.